The quantitative estimate of drug-likeness (QED) is 0.377. The Kier molecular flexibility index (Phi) is 6.95. The number of ether oxygens (including phenoxy) is 1. The van der Waals surface area contributed by atoms with E-state index in [4.69, 9.17) is 17.0 Å². The van der Waals surface area contributed by atoms with Gasteiger partial charge in [-0.05, 0) is 81.7 Å². The van der Waals surface area contributed by atoms with Crippen molar-refractivity contribution in [2.45, 2.75) is 0 Å². The zero-order chi connectivity index (χ0) is 18.6. The molecule has 130 valence electrons. The molecule has 0 atom stereocenters. The van der Waals surface area contributed by atoms with Crippen LogP contribution in [0, 0.1) is 7.14 Å². The molecule has 0 aliphatic heterocycles. The maximum Gasteiger partial charge on any atom is 0.337 e. The maximum atomic E-state index is 12.3. The zero-order valence-electron chi connectivity index (χ0n) is 12.8. The van der Waals surface area contributed by atoms with Crippen molar-refractivity contribution in [2.75, 3.05) is 12.4 Å². The van der Waals surface area contributed by atoms with Crippen molar-refractivity contribution in [1.82, 2.24) is 5.32 Å². The van der Waals surface area contributed by atoms with Crippen LogP contribution in [-0.2, 0) is 0 Å². The van der Waals surface area contributed by atoms with Crippen molar-refractivity contribution in [1.29, 1.82) is 0 Å². The van der Waals surface area contributed by atoms with Gasteiger partial charge in [0.15, 0.2) is 5.11 Å². The number of rotatable bonds is 4. The molecule has 0 saturated carbocycles. The van der Waals surface area contributed by atoms with E-state index in [0.717, 1.165) is 3.57 Å². The molecule has 0 aliphatic rings. The summed E-state index contributed by atoms with van der Waals surface area (Å²) in [5.74, 6) is -1.12. The second-order valence-electron chi connectivity index (χ2n) is 4.72. The van der Waals surface area contributed by atoms with Crippen molar-refractivity contribution in [2.24, 2.45) is 0 Å². The number of carboxylic acid groups (broad SMARTS) is 1. The molecule has 3 N–H and O–H groups in total. The number of nitrogens with one attached hydrogen (secondary N) is 2. The van der Waals surface area contributed by atoms with Gasteiger partial charge >= 0.3 is 5.97 Å². The third kappa shape index (κ3) is 5.01. The number of methoxy groups -OCH3 is 1. The summed E-state index contributed by atoms with van der Waals surface area (Å²) in [5, 5.41) is 14.7. The average molecular weight is 582 g/mol. The SMILES string of the molecule is COc1ccccc1C(=O)NC(=S)Nc1c(I)cc(I)cc1C(=O)O. The molecule has 25 heavy (non-hydrogen) atoms. The number of aromatic carboxylic acids is 1. The molecular weight excluding hydrogens is 570 g/mol. The Morgan fingerprint density at radius 3 is 2.48 bits per heavy atom. The van der Waals surface area contributed by atoms with Gasteiger partial charge in [0.25, 0.3) is 5.91 Å². The van der Waals surface area contributed by atoms with Crippen molar-refractivity contribution in [3.05, 3.63) is 54.7 Å². The van der Waals surface area contributed by atoms with E-state index in [1.54, 1.807) is 30.3 Å². The predicted molar refractivity (Wildman–Crippen MR) is 116 cm³/mol. The highest BCUT2D eigenvalue weighted by molar-refractivity contribution is 14.1. The second kappa shape index (κ2) is 8.76. The lowest BCUT2D eigenvalue weighted by Crippen LogP contribution is -2.35. The molecule has 0 fully saturated rings. The Balaban J connectivity index is 2.21. The van der Waals surface area contributed by atoms with Gasteiger partial charge in [-0.1, -0.05) is 12.1 Å². The van der Waals surface area contributed by atoms with Crippen LogP contribution in [0.3, 0.4) is 0 Å². The molecular formula is C16H12I2N2O4S. The van der Waals surface area contributed by atoms with E-state index < -0.39 is 11.9 Å². The summed E-state index contributed by atoms with van der Waals surface area (Å²) >= 11 is 9.20. The van der Waals surface area contributed by atoms with Crippen LogP contribution < -0.4 is 15.4 Å². The Hall–Kier alpha value is -1.47. The van der Waals surface area contributed by atoms with Crippen LogP contribution in [0.4, 0.5) is 5.69 Å². The van der Waals surface area contributed by atoms with Gasteiger partial charge in [0, 0.05) is 7.14 Å². The van der Waals surface area contributed by atoms with Gasteiger partial charge in [0.05, 0.1) is 23.9 Å². The van der Waals surface area contributed by atoms with Crippen molar-refractivity contribution in [3.63, 3.8) is 0 Å². The highest BCUT2D eigenvalue weighted by Crippen LogP contribution is 2.26. The number of carbonyl (C=O) groups is 2. The number of para-hydroxylation sites is 1. The molecule has 0 bridgehead atoms. The third-order valence-electron chi connectivity index (χ3n) is 3.10. The first kappa shape index (κ1) is 19.8. The smallest absolute Gasteiger partial charge is 0.337 e. The summed E-state index contributed by atoms with van der Waals surface area (Å²) in [6.07, 6.45) is 0. The number of halogens is 2. The predicted octanol–water partition coefficient (Wildman–Crippen LogP) is 3.73. The number of thiocarbonyl (C=S) groups is 1. The van der Waals surface area contributed by atoms with E-state index in [1.165, 1.54) is 13.2 Å². The first-order valence-electron chi connectivity index (χ1n) is 6.81. The van der Waals surface area contributed by atoms with Crippen LogP contribution in [0.15, 0.2) is 36.4 Å². The third-order valence-corrected chi connectivity index (χ3v) is 4.78. The first-order valence-corrected chi connectivity index (χ1v) is 9.37. The fourth-order valence-corrected chi connectivity index (χ4v) is 4.19. The molecule has 9 heteroatoms. The Bertz CT molecular complexity index is 858. The number of hydrogen-bond donors (Lipinski definition) is 3. The van der Waals surface area contributed by atoms with E-state index in [2.05, 4.69) is 10.6 Å². The second-order valence-corrected chi connectivity index (χ2v) is 7.54. The van der Waals surface area contributed by atoms with Gasteiger partial charge in [0.1, 0.15) is 5.75 Å². The minimum Gasteiger partial charge on any atom is -0.496 e. The standard InChI is InChI=1S/C16H12I2N2O4S/c1-24-12-5-3-2-4-9(12)14(21)20-16(25)19-13-10(15(22)23)6-8(17)7-11(13)18/h2-7H,1H3,(H,22,23)(H2,19,20,21,25). The number of carboxylic acids is 1. The Morgan fingerprint density at radius 1 is 1.16 bits per heavy atom. The van der Waals surface area contributed by atoms with Gasteiger partial charge in [-0.25, -0.2) is 4.79 Å². The van der Waals surface area contributed by atoms with E-state index in [-0.39, 0.29) is 10.7 Å². The van der Waals surface area contributed by atoms with Crippen molar-refractivity contribution in [3.8, 4) is 5.75 Å². The molecule has 0 unspecified atom stereocenters. The highest BCUT2D eigenvalue weighted by Gasteiger charge is 2.18. The van der Waals surface area contributed by atoms with Crippen LogP contribution in [0.5, 0.6) is 5.75 Å². The summed E-state index contributed by atoms with van der Waals surface area (Å²) in [6, 6.07) is 10.1. The molecule has 0 spiro atoms. The molecule has 2 aromatic rings. The lowest BCUT2D eigenvalue weighted by Gasteiger charge is -2.14. The van der Waals surface area contributed by atoms with Gasteiger partial charge in [-0.15, -0.1) is 0 Å². The molecule has 2 aromatic carbocycles. The van der Waals surface area contributed by atoms with Crippen molar-refractivity contribution >= 4 is 80.1 Å². The molecule has 2 rings (SSSR count). The minimum absolute atomic E-state index is 0.00229. The van der Waals surface area contributed by atoms with E-state index in [0.29, 0.717) is 20.6 Å². The van der Waals surface area contributed by atoms with Gasteiger partial charge < -0.3 is 15.2 Å². The van der Waals surface area contributed by atoms with Gasteiger partial charge in [-0.3, -0.25) is 10.1 Å². The van der Waals surface area contributed by atoms with Gasteiger partial charge in [0.2, 0.25) is 0 Å². The fourth-order valence-electron chi connectivity index (χ4n) is 2.02. The molecule has 6 nitrogen and oxygen atoms in total. The van der Waals surface area contributed by atoms with Crippen LogP contribution in [0.25, 0.3) is 0 Å². The Labute approximate surface area is 176 Å². The minimum atomic E-state index is -1.09. The summed E-state index contributed by atoms with van der Waals surface area (Å²) < 4.78 is 6.61. The maximum absolute atomic E-state index is 12.3. The van der Waals surface area contributed by atoms with Gasteiger partial charge in [-0.2, -0.15) is 0 Å². The molecule has 0 heterocycles. The largest absolute Gasteiger partial charge is 0.496 e. The summed E-state index contributed by atoms with van der Waals surface area (Å²) in [5.41, 5.74) is 0.731. The number of hydrogen-bond acceptors (Lipinski definition) is 4. The topological polar surface area (TPSA) is 87.7 Å². The number of amides is 1. The summed E-state index contributed by atoms with van der Waals surface area (Å²) in [4.78, 5) is 23.8. The van der Waals surface area contributed by atoms with Crippen LogP contribution in [0.1, 0.15) is 20.7 Å². The normalized spacial score (nSPS) is 10.0. The lowest BCUT2D eigenvalue weighted by atomic mass is 10.2. The summed E-state index contributed by atoms with van der Waals surface area (Å²) in [7, 11) is 1.47. The highest BCUT2D eigenvalue weighted by atomic mass is 127. The fraction of sp³-hybridized carbons (Fsp3) is 0.0625. The summed E-state index contributed by atoms with van der Waals surface area (Å²) in [6.45, 7) is 0. The molecule has 0 aromatic heterocycles. The van der Waals surface area contributed by atoms with E-state index in [9.17, 15) is 14.7 Å². The number of carbonyl (C=O) groups excluding carboxylic acids is 1. The number of benzene rings is 2. The van der Waals surface area contributed by atoms with Crippen LogP contribution in [0.2, 0.25) is 0 Å². The molecule has 0 aliphatic carbocycles. The molecule has 0 saturated heterocycles. The monoisotopic (exact) mass is 582 g/mol. The first-order chi connectivity index (χ1) is 11.8. The average Bonchev–Trinajstić information content (AvgIpc) is 2.56. The van der Waals surface area contributed by atoms with Crippen molar-refractivity contribution < 1.29 is 19.4 Å². The molecule has 0 radical (unpaired) electrons. The molecule has 1 amide bonds. The van der Waals surface area contributed by atoms with Crippen LogP contribution >= 0.6 is 57.4 Å². The zero-order valence-corrected chi connectivity index (χ0v) is 17.9. The van der Waals surface area contributed by atoms with E-state index in [1.807, 2.05) is 45.2 Å². The van der Waals surface area contributed by atoms with E-state index >= 15 is 0 Å². The lowest BCUT2D eigenvalue weighted by molar-refractivity contribution is 0.0697. The Morgan fingerprint density at radius 2 is 1.84 bits per heavy atom. The number of anilines is 1. The van der Waals surface area contributed by atoms with Crippen LogP contribution in [-0.4, -0.2) is 29.2 Å².